The molecule has 0 aliphatic rings. The van der Waals surface area contributed by atoms with E-state index in [1.54, 1.807) is 28.9 Å². The minimum absolute atomic E-state index is 0.386. The molecule has 1 aromatic carbocycles. The first kappa shape index (κ1) is 11.2. The third kappa shape index (κ3) is 1.97. The van der Waals surface area contributed by atoms with Crippen molar-refractivity contribution in [3.05, 3.63) is 24.3 Å². The van der Waals surface area contributed by atoms with E-state index in [1.165, 1.54) is 0 Å². The molecule has 1 atom stereocenters. The molecular weight excluding hydrogens is 226 g/mol. The summed E-state index contributed by atoms with van der Waals surface area (Å²) in [4.78, 5) is 0. The summed E-state index contributed by atoms with van der Waals surface area (Å²) in [5, 5.41) is 29.7. The van der Waals surface area contributed by atoms with Crippen LogP contribution in [0, 0.1) is 0 Å². The zero-order valence-corrected chi connectivity index (χ0v) is 9.51. The maximum atomic E-state index is 9.24. The number of hydrogen-bond donors (Lipinski definition) is 2. The second-order valence-electron chi connectivity index (χ2n) is 3.15. The van der Waals surface area contributed by atoms with Gasteiger partial charge in [-0.3, -0.25) is 0 Å². The van der Waals surface area contributed by atoms with Gasteiger partial charge >= 0.3 is 7.12 Å². The van der Waals surface area contributed by atoms with Crippen LogP contribution < -0.4 is 5.46 Å². The summed E-state index contributed by atoms with van der Waals surface area (Å²) in [7, 11) is 0.968. The topological polar surface area (TPSA) is 84.1 Å². The third-order valence-corrected chi connectivity index (χ3v) is 2.53. The van der Waals surface area contributed by atoms with Crippen molar-refractivity contribution < 1.29 is 10.0 Å². The molecule has 16 heavy (non-hydrogen) atoms. The average molecular weight is 236 g/mol. The minimum Gasteiger partial charge on any atom is -0.423 e. The highest BCUT2D eigenvalue weighted by Gasteiger charge is 2.19. The molecule has 0 saturated carbocycles. The lowest BCUT2D eigenvalue weighted by Gasteiger charge is -2.07. The number of nitrogens with zero attached hydrogens (tertiary/aromatic N) is 4. The maximum absolute atomic E-state index is 9.24. The maximum Gasteiger partial charge on any atom is 0.489 e. The van der Waals surface area contributed by atoms with E-state index in [0.29, 0.717) is 23.1 Å². The van der Waals surface area contributed by atoms with Crippen molar-refractivity contribution >= 4 is 21.8 Å². The Bertz CT molecular complexity index is 490. The van der Waals surface area contributed by atoms with Crippen LogP contribution in [0.5, 0.6) is 0 Å². The first-order valence-electron chi connectivity index (χ1n) is 4.65. The Hall–Kier alpha value is -1.30. The van der Waals surface area contributed by atoms with Crippen LogP contribution in [0.4, 0.5) is 0 Å². The number of benzene rings is 1. The van der Waals surface area contributed by atoms with Gasteiger partial charge in [0, 0.05) is 5.56 Å². The van der Waals surface area contributed by atoms with E-state index < -0.39 is 7.12 Å². The second kappa shape index (κ2) is 4.70. The SMILES string of the molecule is OB(O)c1ccccc1-c1nnnn1CP. The molecule has 2 N–H and O–H groups in total. The van der Waals surface area contributed by atoms with Crippen LogP contribution in [-0.2, 0) is 6.29 Å². The molecular formula is C8H10BN4O2P. The summed E-state index contributed by atoms with van der Waals surface area (Å²) in [5.41, 5.74) is 1.00. The van der Waals surface area contributed by atoms with E-state index in [-0.39, 0.29) is 0 Å². The van der Waals surface area contributed by atoms with Crippen molar-refractivity contribution in [3.8, 4) is 11.4 Å². The lowest BCUT2D eigenvalue weighted by Crippen LogP contribution is -2.32. The number of hydrogen-bond acceptors (Lipinski definition) is 5. The standard InChI is InChI=1S/C8H10BN4O2P/c14-9(15)7-4-2-1-3-6(7)8-10-11-12-13(8)5-16/h1-4,14-15H,5,16H2. The quantitative estimate of drug-likeness (QED) is 0.519. The normalized spacial score (nSPS) is 10.4. The molecule has 6 nitrogen and oxygen atoms in total. The first-order valence-corrected chi connectivity index (χ1v) is 5.47. The van der Waals surface area contributed by atoms with Crippen LogP contribution in [0.2, 0.25) is 0 Å². The Labute approximate surface area is 94.6 Å². The Morgan fingerprint density at radius 3 is 2.75 bits per heavy atom. The van der Waals surface area contributed by atoms with Crippen molar-refractivity contribution in [2.24, 2.45) is 0 Å². The molecule has 0 amide bonds. The van der Waals surface area contributed by atoms with Gasteiger partial charge in [-0.2, -0.15) is 0 Å². The van der Waals surface area contributed by atoms with E-state index in [0.717, 1.165) is 0 Å². The molecule has 0 fully saturated rings. The molecule has 0 spiro atoms. The van der Waals surface area contributed by atoms with Crippen molar-refractivity contribution in [3.63, 3.8) is 0 Å². The van der Waals surface area contributed by atoms with Crippen molar-refractivity contribution in [1.82, 2.24) is 20.2 Å². The second-order valence-corrected chi connectivity index (χ2v) is 3.51. The largest absolute Gasteiger partial charge is 0.489 e. The van der Waals surface area contributed by atoms with Gasteiger partial charge in [0.05, 0.1) is 6.29 Å². The molecule has 0 aliphatic heterocycles. The van der Waals surface area contributed by atoms with Gasteiger partial charge in [0.15, 0.2) is 5.82 Å². The Morgan fingerprint density at radius 1 is 1.31 bits per heavy atom. The highest BCUT2D eigenvalue weighted by Crippen LogP contribution is 2.14. The lowest BCUT2D eigenvalue weighted by atomic mass is 9.77. The molecule has 1 unspecified atom stereocenters. The summed E-state index contributed by atoms with van der Waals surface area (Å²) >= 11 is 0. The Morgan fingerprint density at radius 2 is 2.06 bits per heavy atom. The number of tetrazole rings is 1. The van der Waals surface area contributed by atoms with E-state index in [2.05, 4.69) is 24.8 Å². The highest BCUT2D eigenvalue weighted by molar-refractivity contribution is 7.15. The summed E-state index contributed by atoms with van der Waals surface area (Å²) in [5.74, 6) is 0.513. The fourth-order valence-electron chi connectivity index (χ4n) is 1.45. The summed E-state index contributed by atoms with van der Waals surface area (Å²) < 4.78 is 1.56. The van der Waals surface area contributed by atoms with Crippen molar-refractivity contribution in [2.75, 3.05) is 0 Å². The fourth-order valence-corrected chi connectivity index (χ4v) is 1.69. The smallest absolute Gasteiger partial charge is 0.423 e. The van der Waals surface area contributed by atoms with Crippen molar-refractivity contribution in [2.45, 2.75) is 6.29 Å². The van der Waals surface area contributed by atoms with E-state index in [9.17, 15) is 10.0 Å². The Kier molecular flexibility index (Phi) is 3.29. The van der Waals surface area contributed by atoms with Crippen LogP contribution in [0.3, 0.4) is 0 Å². The van der Waals surface area contributed by atoms with Gasteiger partial charge < -0.3 is 10.0 Å². The molecule has 2 rings (SSSR count). The zero-order valence-electron chi connectivity index (χ0n) is 8.35. The molecule has 8 heteroatoms. The van der Waals surface area contributed by atoms with Crippen LogP contribution in [0.25, 0.3) is 11.4 Å². The van der Waals surface area contributed by atoms with E-state index in [1.807, 2.05) is 0 Å². The number of rotatable bonds is 3. The van der Waals surface area contributed by atoms with Gasteiger partial charge in [-0.25, -0.2) is 4.68 Å². The summed E-state index contributed by atoms with van der Waals surface area (Å²) in [6.07, 6.45) is 0.540. The summed E-state index contributed by atoms with van der Waals surface area (Å²) in [6, 6.07) is 6.90. The van der Waals surface area contributed by atoms with Gasteiger partial charge in [0.2, 0.25) is 0 Å². The van der Waals surface area contributed by atoms with E-state index >= 15 is 0 Å². The monoisotopic (exact) mass is 236 g/mol. The molecule has 0 bridgehead atoms. The molecule has 2 aromatic rings. The summed E-state index contributed by atoms with van der Waals surface area (Å²) in [6.45, 7) is 0. The molecule has 82 valence electrons. The van der Waals surface area contributed by atoms with Gasteiger partial charge in [-0.15, -0.1) is 14.3 Å². The van der Waals surface area contributed by atoms with Crippen LogP contribution in [-0.4, -0.2) is 37.4 Å². The Balaban J connectivity index is 2.55. The van der Waals surface area contributed by atoms with Crippen molar-refractivity contribution in [1.29, 1.82) is 0 Å². The van der Waals surface area contributed by atoms with Gasteiger partial charge in [0.1, 0.15) is 0 Å². The lowest BCUT2D eigenvalue weighted by molar-refractivity contribution is 0.426. The number of aromatic nitrogens is 4. The van der Waals surface area contributed by atoms with Crippen LogP contribution >= 0.6 is 9.24 Å². The molecule has 0 aliphatic carbocycles. The van der Waals surface area contributed by atoms with E-state index in [4.69, 9.17) is 0 Å². The minimum atomic E-state index is -1.54. The average Bonchev–Trinajstić information content (AvgIpc) is 2.76. The predicted molar refractivity (Wildman–Crippen MR) is 62.8 cm³/mol. The van der Waals surface area contributed by atoms with Gasteiger partial charge in [0.25, 0.3) is 0 Å². The molecule has 0 saturated heterocycles. The first-order chi connectivity index (χ1) is 7.74. The highest BCUT2D eigenvalue weighted by atomic mass is 31.0. The van der Waals surface area contributed by atoms with Gasteiger partial charge in [-0.05, 0) is 15.9 Å². The van der Waals surface area contributed by atoms with Crippen LogP contribution in [0.1, 0.15) is 0 Å². The van der Waals surface area contributed by atoms with Gasteiger partial charge in [-0.1, -0.05) is 24.3 Å². The molecule has 1 aromatic heterocycles. The molecule has 1 heterocycles. The van der Waals surface area contributed by atoms with Crippen LogP contribution in [0.15, 0.2) is 24.3 Å². The zero-order chi connectivity index (χ0) is 11.5. The predicted octanol–water partition coefficient (Wildman–Crippen LogP) is -1.15. The molecule has 0 radical (unpaired) electrons. The third-order valence-electron chi connectivity index (χ3n) is 2.18. The fraction of sp³-hybridized carbons (Fsp3) is 0.125.